The molecule has 0 bridgehead atoms. The maximum absolute atomic E-state index is 12.8. The summed E-state index contributed by atoms with van der Waals surface area (Å²) >= 11 is 0. The summed E-state index contributed by atoms with van der Waals surface area (Å²) in [7, 11) is 0. The molecule has 2 saturated heterocycles. The first-order valence-electron chi connectivity index (χ1n) is 12.6. The SMILES string of the molecule is C[C@@H]1CN(c2cnc(C(F)(F)F)cn2)C[C@@H](C)N1C(=O)OCCC1CCN(Cc2ccccc2)CC1. The second kappa shape index (κ2) is 11.5. The number of piperazine rings is 1. The normalized spacial score (nSPS) is 22.0. The second-order valence-electron chi connectivity index (χ2n) is 9.88. The minimum absolute atomic E-state index is 0.174. The number of aromatic nitrogens is 2. The van der Waals surface area contributed by atoms with Crippen molar-refractivity contribution < 1.29 is 22.7 Å². The van der Waals surface area contributed by atoms with Crippen LogP contribution in [0.1, 0.15) is 44.4 Å². The van der Waals surface area contributed by atoms with Crippen LogP contribution in [0, 0.1) is 5.92 Å². The lowest BCUT2D eigenvalue weighted by atomic mass is 9.93. The summed E-state index contributed by atoms with van der Waals surface area (Å²) in [5, 5.41) is 0. The number of amides is 1. The molecule has 0 spiro atoms. The molecule has 1 amide bonds. The molecule has 36 heavy (non-hydrogen) atoms. The average Bonchev–Trinajstić information content (AvgIpc) is 2.85. The summed E-state index contributed by atoms with van der Waals surface area (Å²) in [6, 6.07) is 10.1. The van der Waals surface area contributed by atoms with Gasteiger partial charge in [-0.15, -0.1) is 0 Å². The van der Waals surface area contributed by atoms with Gasteiger partial charge in [0.25, 0.3) is 0 Å². The molecule has 2 aromatic rings. The van der Waals surface area contributed by atoms with Crippen LogP contribution in [0.25, 0.3) is 0 Å². The average molecular weight is 506 g/mol. The van der Waals surface area contributed by atoms with Crippen LogP contribution < -0.4 is 4.90 Å². The Morgan fingerprint density at radius 3 is 2.28 bits per heavy atom. The molecule has 1 aromatic heterocycles. The summed E-state index contributed by atoms with van der Waals surface area (Å²) in [6.45, 7) is 8.17. The van der Waals surface area contributed by atoms with Crippen LogP contribution in [-0.2, 0) is 17.5 Å². The lowest BCUT2D eigenvalue weighted by Crippen LogP contribution is -2.59. The van der Waals surface area contributed by atoms with E-state index >= 15 is 0 Å². The van der Waals surface area contributed by atoms with Gasteiger partial charge in [-0.2, -0.15) is 13.2 Å². The van der Waals surface area contributed by atoms with E-state index in [4.69, 9.17) is 4.74 Å². The molecular weight excluding hydrogens is 471 g/mol. The number of nitrogens with zero attached hydrogens (tertiary/aromatic N) is 5. The predicted octanol–water partition coefficient (Wildman–Crippen LogP) is 4.83. The number of carbonyl (C=O) groups excluding carboxylic acids is 1. The number of ether oxygens (including phenoxy) is 1. The Hall–Kier alpha value is -2.88. The van der Waals surface area contributed by atoms with Crippen LogP contribution in [0.2, 0.25) is 0 Å². The molecule has 2 fully saturated rings. The highest BCUT2D eigenvalue weighted by molar-refractivity contribution is 5.69. The maximum Gasteiger partial charge on any atom is 0.434 e. The highest BCUT2D eigenvalue weighted by Gasteiger charge is 2.36. The van der Waals surface area contributed by atoms with E-state index < -0.39 is 11.9 Å². The van der Waals surface area contributed by atoms with Crippen LogP contribution in [-0.4, -0.2) is 70.7 Å². The lowest BCUT2D eigenvalue weighted by molar-refractivity contribution is -0.141. The number of hydrogen-bond acceptors (Lipinski definition) is 6. The van der Waals surface area contributed by atoms with Gasteiger partial charge in [0.05, 0.1) is 31.1 Å². The first kappa shape index (κ1) is 26.2. The van der Waals surface area contributed by atoms with Crippen molar-refractivity contribution in [2.45, 2.75) is 57.9 Å². The molecular formula is C26H34F3N5O2. The molecule has 0 radical (unpaired) electrons. The standard InChI is InChI=1S/C26H34F3N5O2/c1-19-16-33(24-15-30-23(14-31-24)26(27,28)29)17-20(2)34(19)25(35)36-13-10-21-8-11-32(12-9-21)18-22-6-4-3-5-7-22/h3-7,14-15,19-21H,8-13,16-18H2,1-2H3/t19-,20-/m1/s1. The molecule has 0 unspecified atom stereocenters. The monoisotopic (exact) mass is 505 g/mol. The Morgan fingerprint density at radius 1 is 1.03 bits per heavy atom. The van der Waals surface area contributed by atoms with Gasteiger partial charge in [0.2, 0.25) is 0 Å². The van der Waals surface area contributed by atoms with Crippen molar-refractivity contribution in [3.8, 4) is 0 Å². The number of carbonyl (C=O) groups is 1. The predicted molar refractivity (Wildman–Crippen MR) is 130 cm³/mol. The molecule has 4 rings (SSSR count). The smallest absolute Gasteiger partial charge is 0.434 e. The summed E-state index contributed by atoms with van der Waals surface area (Å²) < 4.78 is 43.9. The van der Waals surface area contributed by atoms with Gasteiger partial charge in [0.15, 0.2) is 5.69 Å². The third-order valence-electron chi connectivity index (χ3n) is 7.09. The van der Waals surface area contributed by atoms with Gasteiger partial charge in [-0.3, -0.25) is 9.80 Å². The molecule has 7 nitrogen and oxygen atoms in total. The van der Waals surface area contributed by atoms with Gasteiger partial charge in [0, 0.05) is 19.6 Å². The van der Waals surface area contributed by atoms with Crippen LogP contribution >= 0.6 is 0 Å². The Morgan fingerprint density at radius 2 is 1.69 bits per heavy atom. The van der Waals surface area contributed by atoms with Crippen molar-refractivity contribution in [2.24, 2.45) is 5.92 Å². The molecule has 0 aliphatic carbocycles. The van der Waals surface area contributed by atoms with Gasteiger partial charge >= 0.3 is 12.3 Å². The number of hydrogen-bond donors (Lipinski definition) is 0. The van der Waals surface area contributed by atoms with Crippen molar-refractivity contribution in [3.63, 3.8) is 0 Å². The van der Waals surface area contributed by atoms with Gasteiger partial charge in [-0.05, 0) is 57.7 Å². The zero-order valence-corrected chi connectivity index (χ0v) is 20.8. The Bertz CT molecular complexity index is 969. The number of rotatable bonds is 6. The fourth-order valence-electron chi connectivity index (χ4n) is 5.16. The molecule has 196 valence electrons. The summed E-state index contributed by atoms with van der Waals surface area (Å²) in [6.07, 6.45) is 0.0878. The second-order valence-corrected chi connectivity index (χ2v) is 9.88. The van der Waals surface area contributed by atoms with E-state index in [0.29, 0.717) is 31.4 Å². The number of anilines is 1. The largest absolute Gasteiger partial charge is 0.449 e. The van der Waals surface area contributed by atoms with Gasteiger partial charge in [0.1, 0.15) is 5.82 Å². The number of benzene rings is 1. The van der Waals surface area contributed by atoms with Gasteiger partial charge < -0.3 is 9.64 Å². The van der Waals surface area contributed by atoms with Crippen molar-refractivity contribution in [1.82, 2.24) is 19.8 Å². The first-order chi connectivity index (χ1) is 17.2. The maximum atomic E-state index is 12.8. The Balaban J connectivity index is 1.20. The first-order valence-corrected chi connectivity index (χ1v) is 12.6. The van der Waals surface area contributed by atoms with E-state index in [2.05, 4.69) is 39.1 Å². The Kier molecular flexibility index (Phi) is 8.33. The lowest BCUT2D eigenvalue weighted by Gasteiger charge is -2.44. The quantitative estimate of drug-likeness (QED) is 0.560. The van der Waals surface area contributed by atoms with E-state index in [1.54, 1.807) is 4.90 Å². The third kappa shape index (κ3) is 6.66. The van der Waals surface area contributed by atoms with Crippen molar-refractivity contribution in [2.75, 3.05) is 37.7 Å². The fraction of sp³-hybridized carbons (Fsp3) is 0.577. The summed E-state index contributed by atoms with van der Waals surface area (Å²) in [5.41, 5.74) is 0.315. The summed E-state index contributed by atoms with van der Waals surface area (Å²) in [4.78, 5) is 26.3. The minimum Gasteiger partial charge on any atom is -0.449 e. The van der Waals surface area contributed by atoms with E-state index in [1.807, 2.05) is 24.8 Å². The number of piperidine rings is 1. The number of likely N-dealkylation sites (tertiary alicyclic amines) is 1. The third-order valence-corrected chi connectivity index (χ3v) is 7.09. The summed E-state index contributed by atoms with van der Waals surface area (Å²) in [5.74, 6) is 0.920. The van der Waals surface area contributed by atoms with Crippen LogP contribution in [0.15, 0.2) is 42.7 Å². The van der Waals surface area contributed by atoms with Crippen molar-refractivity contribution in [3.05, 3.63) is 54.0 Å². The zero-order valence-electron chi connectivity index (χ0n) is 20.8. The Labute approximate surface area is 210 Å². The molecule has 10 heteroatoms. The van der Waals surface area contributed by atoms with Crippen LogP contribution in [0.4, 0.5) is 23.8 Å². The van der Waals surface area contributed by atoms with Crippen molar-refractivity contribution >= 4 is 11.9 Å². The number of alkyl halides is 3. The molecule has 0 saturated carbocycles. The number of halogens is 3. The highest BCUT2D eigenvalue weighted by atomic mass is 19.4. The highest BCUT2D eigenvalue weighted by Crippen LogP contribution is 2.28. The van der Waals surface area contributed by atoms with E-state index in [0.717, 1.165) is 51.3 Å². The van der Waals surface area contributed by atoms with Gasteiger partial charge in [-0.1, -0.05) is 30.3 Å². The molecule has 2 aliphatic heterocycles. The van der Waals surface area contributed by atoms with E-state index in [9.17, 15) is 18.0 Å². The minimum atomic E-state index is -4.52. The van der Waals surface area contributed by atoms with Gasteiger partial charge in [-0.25, -0.2) is 14.8 Å². The van der Waals surface area contributed by atoms with Crippen LogP contribution in [0.3, 0.4) is 0 Å². The van der Waals surface area contributed by atoms with E-state index in [-0.39, 0.29) is 18.2 Å². The fourth-order valence-corrected chi connectivity index (χ4v) is 5.16. The van der Waals surface area contributed by atoms with Crippen LogP contribution in [0.5, 0.6) is 0 Å². The topological polar surface area (TPSA) is 61.8 Å². The molecule has 3 heterocycles. The molecule has 1 aromatic carbocycles. The van der Waals surface area contributed by atoms with Crippen molar-refractivity contribution in [1.29, 1.82) is 0 Å². The molecule has 2 aliphatic rings. The zero-order chi connectivity index (χ0) is 25.7. The van der Waals surface area contributed by atoms with E-state index in [1.165, 1.54) is 5.56 Å². The molecule has 0 N–H and O–H groups in total. The molecule has 2 atom stereocenters.